The normalized spacial score (nSPS) is 32.3. The van der Waals surface area contributed by atoms with Gasteiger partial charge in [0.15, 0.2) is 17.5 Å². The Morgan fingerprint density at radius 1 is 0.592 bits per heavy atom. The van der Waals surface area contributed by atoms with E-state index in [2.05, 4.69) is 82.3 Å². The van der Waals surface area contributed by atoms with E-state index in [4.69, 9.17) is 15.0 Å². The lowest BCUT2D eigenvalue weighted by Gasteiger charge is -2.51. The van der Waals surface area contributed by atoms with E-state index in [9.17, 15) is 5.26 Å². The molecule has 4 aliphatic rings. The number of benzene rings is 3. The first-order valence-corrected chi connectivity index (χ1v) is 19.2. The molecular weight excluding hydrogens is 597 g/mol. The van der Waals surface area contributed by atoms with Crippen molar-refractivity contribution in [2.45, 2.75) is 109 Å². The quantitative estimate of drug-likeness (QED) is 0.209. The highest BCUT2D eigenvalue weighted by Crippen LogP contribution is 2.56. The molecular formula is C45H52N4. The molecule has 4 saturated carbocycles. The molecule has 3 unspecified atom stereocenters. The fourth-order valence-electron chi connectivity index (χ4n) is 11.7. The minimum Gasteiger partial charge on any atom is -0.208 e. The maximum Gasteiger partial charge on any atom is 0.164 e. The molecule has 4 aromatic rings. The van der Waals surface area contributed by atoms with Crippen molar-refractivity contribution in [3.8, 4) is 40.2 Å². The fourth-order valence-corrected chi connectivity index (χ4v) is 11.7. The van der Waals surface area contributed by atoms with Gasteiger partial charge in [0.25, 0.3) is 0 Å². The molecule has 252 valence electrons. The standard InChI is InChI=1S/C45H52N4/c1-5-32-19-35-18-31(4)24-45(25-32,27-35)40-11-7-10-38(21-40)43-48-41(47-42(49-43)37-9-6-8-33(20-37)28-46)36-12-14-39(15-13-36)44-22-29(2)16-34(26-44)17-30(3)23-44/h6-15,20-21,29-32,34-35H,5,16-19,22-27H2,1-4H3/t29-,30+,31-,32+,34?,35-,44?,45?/m0/s1. The van der Waals surface area contributed by atoms with E-state index in [1.165, 1.54) is 81.8 Å². The van der Waals surface area contributed by atoms with Crippen LogP contribution in [-0.4, -0.2) is 15.0 Å². The van der Waals surface area contributed by atoms with Crippen molar-refractivity contribution in [3.05, 3.63) is 89.5 Å². The lowest BCUT2D eigenvalue weighted by Crippen LogP contribution is -2.42. The number of nitrogens with zero attached hydrogens (tertiary/aromatic N) is 4. The van der Waals surface area contributed by atoms with E-state index in [1.807, 2.05) is 24.3 Å². The summed E-state index contributed by atoms with van der Waals surface area (Å²) in [5.41, 5.74) is 6.99. The van der Waals surface area contributed by atoms with Gasteiger partial charge in [-0.15, -0.1) is 0 Å². The van der Waals surface area contributed by atoms with Crippen molar-refractivity contribution in [2.24, 2.45) is 35.5 Å². The average molecular weight is 649 g/mol. The van der Waals surface area contributed by atoms with Crippen LogP contribution in [0.3, 0.4) is 0 Å². The van der Waals surface area contributed by atoms with Gasteiger partial charge < -0.3 is 0 Å². The van der Waals surface area contributed by atoms with Crippen molar-refractivity contribution in [3.63, 3.8) is 0 Å². The number of aromatic nitrogens is 3. The zero-order chi connectivity index (χ0) is 33.8. The van der Waals surface area contributed by atoms with Gasteiger partial charge in [-0.3, -0.25) is 0 Å². The van der Waals surface area contributed by atoms with Crippen LogP contribution in [0.4, 0.5) is 0 Å². The van der Waals surface area contributed by atoms with Crippen LogP contribution in [0.5, 0.6) is 0 Å². The monoisotopic (exact) mass is 648 g/mol. The van der Waals surface area contributed by atoms with E-state index < -0.39 is 0 Å². The van der Waals surface area contributed by atoms with Crippen LogP contribution >= 0.6 is 0 Å². The number of rotatable bonds is 6. The Morgan fingerprint density at radius 3 is 1.71 bits per heavy atom. The number of hydrogen-bond acceptors (Lipinski definition) is 4. The van der Waals surface area contributed by atoms with Crippen molar-refractivity contribution in [1.29, 1.82) is 5.26 Å². The molecule has 1 heterocycles. The summed E-state index contributed by atoms with van der Waals surface area (Å²) >= 11 is 0. The second-order valence-corrected chi connectivity index (χ2v) is 17.2. The number of hydrogen-bond donors (Lipinski definition) is 0. The molecule has 3 aromatic carbocycles. The highest BCUT2D eigenvalue weighted by Gasteiger charge is 2.46. The average Bonchev–Trinajstić information content (AvgIpc) is 3.10. The molecule has 4 nitrogen and oxygen atoms in total. The maximum atomic E-state index is 9.68. The van der Waals surface area contributed by atoms with Gasteiger partial charge in [0, 0.05) is 16.7 Å². The molecule has 0 spiro atoms. The van der Waals surface area contributed by atoms with E-state index in [0.29, 0.717) is 23.0 Å². The molecule has 0 radical (unpaired) electrons. The molecule has 0 amide bonds. The molecule has 4 aliphatic carbocycles. The molecule has 0 aliphatic heterocycles. The summed E-state index contributed by atoms with van der Waals surface area (Å²) in [5, 5.41) is 9.68. The second kappa shape index (κ2) is 12.8. The highest BCUT2D eigenvalue weighted by atomic mass is 15.0. The molecule has 0 N–H and O–H groups in total. The van der Waals surface area contributed by atoms with Crippen molar-refractivity contribution >= 4 is 0 Å². The van der Waals surface area contributed by atoms with E-state index in [0.717, 1.165) is 52.2 Å². The first kappa shape index (κ1) is 32.4. The predicted octanol–water partition coefficient (Wildman–Crippen LogP) is 11.3. The summed E-state index contributed by atoms with van der Waals surface area (Å²) in [6.07, 6.45) is 14.6. The van der Waals surface area contributed by atoms with Crippen LogP contribution < -0.4 is 0 Å². The third kappa shape index (κ3) is 6.24. The van der Waals surface area contributed by atoms with Crippen molar-refractivity contribution in [2.75, 3.05) is 0 Å². The molecule has 1 aromatic heterocycles. The molecule has 49 heavy (non-hydrogen) atoms. The lowest BCUT2D eigenvalue weighted by atomic mass is 9.54. The Balaban J connectivity index is 1.20. The third-order valence-electron chi connectivity index (χ3n) is 13.1. The highest BCUT2D eigenvalue weighted by molar-refractivity contribution is 5.68. The minimum absolute atomic E-state index is 0.235. The largest absolute Gasteiger partial charge is 0.208 e. The summed E-state index contributed by atoms with van der Waals surface area (Å²) in [7, 11) is 0. The van der Waals surface area contributed by atoms with E-state index in [1.54, 1.807) is 0 Å². The topological polar surface area (TPSA) is 62.5 Å². The Kier molecular flexibility index (Phi) is 8.46. The van der Waals surface area contributed by atoms with Crippen LogP contribution in [0.1, 0.15) is 115 Å². The van der Waals surface area contributed by atoms with E-state index >= 15 is 0 Å². The fraction of sp³-hybridized carbons (Fsp3) is 0.511. The van der Waals surface area contributed by atoms with Gasteiger partial charge >= 0.3 is 0 Å². The van der Waals surface area contributed by atoms with Crippen LogP contribution in [0.15, 0.2) is 72.8 Å². The third-order valence-corrected chi connectivity index (χ3v) is 13.1. The zero-order valence-corrected chi connectivity index (χ0v) is 30.0. The molecule has 8 atom stereocenters. The molecule has 4 heteroatoms. The SMILES string of the molecule is CC[C@@H]1C[C@@H]2C[C@H](C)CC(c3cccc(-c4nc(-c5ccc(C67CC(C[C@@H](C)C6)C[C@H](C)C7)cc5)nc(-c5cccc(C#N)c5)n4)c3)(C1)C2. The van der Waals surface area contributed by atoms with Crippen molar-refractivity contribution < 1.29 is 0 Å². The lowest BCUT2D eigenvalue weighted by molar-refractivity contribution is 0.0703. The Hall–Kier alpha value is -3.84. The molecule has 0 saturated heterocycles. The predicted molar refractivity (Wildman–Crippen MR) is 199 cm³/mol. The van der Waals surface area contributed by atoms with Gasteiger partial charge in [0.1, 0.15) is 0 Å². The van der Waals surface area contributed by atoms with Gasteiger partial charge in [-0.2, -0.15) is 5.26 Å². The minimum atomic E-state index is 0.235. The molecule has 4 bridgehead atoms. The number of nitriles is 1. The smallest absolute Gasteiger partial charge is 0.164 e. The summed E-state index contributed by atoms with van der Waals surface area (Å²) < 4.78 is 0. The molecule has 8 rings (SSSR count). The van der Waals surface area contributed by atoms with Crippen molar-refractivity contribution in [1.82, 2.24) is 15.0 Å². The van der Waals surface area contributed by atoms with Crippen LogP contribution in [0.2, 0.25) is 0 Å². The van der Waals surface area contributed by atoms with Crippen LogP contribution in [-0.2, 0) is 10.8 Å². The second-order valence-electron chi connectivity index (χ2n) is 17.2. The van der Waals surface area contributed by atoms with Gasteiger partial charge in [-0.25, -0.2) is 15.0 Å². The molecule has 4 fully saturated rings. The van der Waals surface area contributed by atoms with Gasteiger partial charge in [0.2, 0.25) is 0 Å². The van der Waals surface area contributed by atoms with Gasteiger partial charge in [-0.05, 0) is 140 Å². The Labute approximate surface area is 293 Å². The Bertz CT molecular complexity index is 1850. The number of fused-ring (bicyclic) bond motifs is 4. The Morgan fingerprint density at radius 2 is 1.12 bits per heavy atom. The first-order chi connectivity index (χ1) is 23.7. The van der Waals surface area contributed by atoms with Gasteiger partial charge in [0.05, 0.1) is 11.6 Å². The van der Waals surface area contributed by atoms with E-state index in [-0.39, 0.29) is 10.8 Å². The summed E-state index contributed by atoms with van der Waals surface area (Å²) in [6.45, 7) is 9.75. The summed E-state index contributed by atoms with van der Waals surface area (Å²) in [4.78, 5) is 15.4. The first-order valence-electron chi connectivity index (χ1n) is 19.2. The van der Waals surface area contributed by atoms with Gasteiger partial charge in [-0.1, -0.05) is 88.7 Å². The summed E-state index contributed by atoms with van der Waals surface area (Å²) in [6, 6.07) is 28.3. The zero-order valence-electron chi connectivity index (χ0n) is 30.0. The van der Waals surface area contributed by atoms with Crippen LogP contribution in [0, 0.1) is 46.8 Å². The summed E-state index contributed by atoms with van der Waals surface area (Å²) in [5.74, 6) is 6.81. The maximum absolute atomic E-state index is 9.68. The van der Waals surface area contributed by atoms with Crippen LogP contribution in [0.25, 0.3) is 34.2 Å².